The van der Waals surface area contributed by atoms with Gasteiger partial charge >= 0.3 is 12.1 Å². The smallest absolute Gasteiger partial charge is 0.408 e. The zero-order valence-electron chi connectivity index (χ0n) is 13.6. The molecule has 0 saturated carbocycles. The van der Waals surface area contributed by atoms with E-state index in [1.54, 1.807) is 56.8 Å². The number of carbonyl (C=O) groups is 3. The fourth-order valence-electron chi connectivity index (χ4n) is 1.73. The lowest BCUT2D eigenvalue weighted by Gasteiger charge is -2.21. The number of ketones is 1. The van der Waals surface area contributed by atoms with Crippen LogP contribution in [0.2, 0.25) is 0 Å². The third kappa shape index (κ3) is 6.73. The molecule has 23 heavy (non-hydrogen) atoms. The van der Waals surface area contributed by atoms with Gasteiger partial charge in [0.2, 0.25) is 0 Å². The van der Waals surface area contributed by atoms with E-state index in [-0.39, 0.29) is 12.2 Å². The number of rotatable bonds is 6. The minimum Gasteiger partial charge on any atom is -0.480 e. The summed E-state index contributed by atoms with van der Waals surface area (Å²) >= 11 is 1.54. The quantitative estimate of drug-likeness (QED) is 0.611. The van der Waals surface area contributed by atoms with Crippen molar-refractivity contribution in [1.29, 1.82) is 0 Å². The molecule has 2 N–H and O–H groups in total. The number of hydrogen-bond donors (Lipinski definition) is 2. The SMILES string of the molecule is CSc1ccc(C(=O)CC(NC(=O)OC(C)(C)C)C(=O)O)cc1. The molecular formula is C16H21NO5S. The number of aliphatic carboxylic acids is 1. The molecule has 0 bridgehead atoms. The van der Waals surface area contributed by atoms with E-state index < -0.39 is 23.7 Å². The van der Waals surface area contributed by atoms with Crippen LogP contribution in [0.15, 0.2) is 29.2 Å². The predicted octanol–water partition coefficient (Wildman–Crippen LogP) is 2.96. The van der Waals surface area contributed by atoms with E-state index in [4.69, 9.17) is 4.74 Å². The van der Waals surface area contributed by atoms with Gasteiger partial charge in [0.05, 0.1) is 0 Å². The van der Waals surface area contributed by atoms with Gasteiger partial charge in [-0.15, -0.1) is 11.8 Å². The first-order valence-corrected chi connectivity index (χ1v) is 8.24. The fraction of sp³-hybridized carbons (Fsp3) is 0.438. The number of alkyl carbamates (subject to hydrolysis) is 1. The molecule has 126 valence electrons. The van der Waals surface area contributed by atoms with Gasteiger partial charge in [0.15, 0.2) is 5.78 Å². The number of carboxylic acids is 1. The number of ether oxygens (including phenoxy) is 1. The third-order valence-electron chi connectivity index (χ3n) is 2.79. The molecule has 0 aromatic heterocycles. The Morgan fingerprint density at radius 1 is 1.22 bits per heavy atom. The van der Waals surface area contributed by atoms with Gasteiger partial charge in [-0.1, -0.05) is 12.1 Å². The Bertz CT molecular complexity index is 577. The number of carbonyl (C=O) groups excluding carboxylic acids is 2. The van der Waals surface area contributed by atoms with Gasteiger partial charge in [0.1, 0.15) is 11.6 Å². The minimum atomic E-state index is -1.34. The molecule has 0 aliphatic rings. The van der Waals surface area contributed by atoms with E-state index in [0.717, 1.165) is 4.90 Å². The number of benzene rings is 1. The molecule has 1 amide bonds. The average Bonchev–Trinajstić information content (AvgIpc) is 2.44. The molecule has 1 unspecified atom stereocenters. The van der Waals surface area contributed by atoms with Crippen LogP contribution in [0.3, 0.4) is 0 Å². The minimum absolute atomic E-state index is 0.340. The summed E-state index contributed by atoms with van der Waals surface area (Å²) in [5.74, 6) is -1.65. The van der Waals surface area contributed by atoms with E-state index in [1.165, 1.54) is 0 Å². The number of carboxylic acid groups (broad SMARTS) is 1. The molecule has 1 rings (SSSR count). The second-order valence-corrected chi connectivity index (χ2v) is 6.77. The molecule has 7 heteroatoms. The molecule has 1 atom stereocenters. The van der Waals surface area contributed by atoms with Crippen LogP contribution in [0, 0.1) is 0 Å². The largest absolute Gasteiger partial charge is 0.480 e. The highest BCUT2D eigenvalue weighted by molar-refractivity contribution is 7.98. The van der Waals surface area contributed by atoms with Crippen LogP contribution < -0.4 is 5.32 Å². The van der Waals surface area contributed by atoms with Gasteiger partial charge in [-0.2, -0.15) is 0 Å². The number of amides is 1. The van der Waals surface area contributed by atoms with Gasteiger partial charge in [0.25, 0.3) is 0 Å². The summed E-state index contributed by atoms with van der Waals surface area (Å²) in [4.78, 5) is 36.1. The lowest BCUT2D eigenvalue weighted by Crippen LogP contribution is -2.44. The number of nitrogens with one attached hydrogen (secondary N) is 1. The summed E-state index contributed by atoms with van der Waals surface area (Å²) in [6, 6.07) is 5.52. The number of hydrogen-bond acceptors (Lipinski definition) is 5. The summed E-state index contributed by atoms with van der Waals surface area (Å²) in [5.41, 5.74) is -0.342. The molecule has 1 aromatic carbocycles. The normalized spacial score (nSPS) is 12.3. The monoisotopic (exact) mass is 339 g/mol. The molecule has 0 radical (unpaired) electrons. The molecule has 0 aliphatic heterocycles. The van der Waals surface area contributed by atoms with Gasteiger partial charge in [0, 0.05) is 16.9 Å². The van der Waals surface area contributed by atoms with Crippen molar-refractivity contribution in [3.05, 3.63) is 29.8 Å². The first kappa shape index (κ1) is 19.0. The van der Waals surface area contributed by atoms with Crippen molar-refractivity contribution < 1.29 is 24.2 Å². The Morgan fingerprint density at radius 2 is 1.78 bits per heavy atom. The van der Waals surface area contributed by atoms with Crippen LogP contribution in [0.4, 0.5) is 4.79 Å². The zero-order chi connectivity index (χ0) is 17.6. The second-order valence-electron chi connectivity index (χ2n) is 5.89. The summed E-state index contributed by atoms with van der Waals surface area (Å²) < 4.78 is 5.01. The Hall–Kier alpha value is -2.02. The number of thioether (sulfide) groups is 1. The first-order chi connectivity index (χ1) is 10.6. The highest BCUT2D eigenvalue weighted by Gasteiger charge is 2.26. The van der Waals surface area contributed by atoms with Crippen molar-refractivity contribution in [1.82, 2.24) is 5.32 Å². The van der Waals surface area contributed by atoms with Crippen molar-refractivity contribution in [2.75, 3.05) is 6.26 Å². The van der Waals surface area contributed by atoms with Crippen molar-refractivity contribution in [2.45, 2.75) is 43.7 Å². The average molecular weight is 339 g/mol. The fourth-order valence-corrected chi connectivity index (χ4v) is 2.14. The van der Waals surface area contributed by atoms with E-state index >= 15 is 0 Å². The summed E-state index contributed by atoms with van der Waals surface area (Å²) in [5, 5.41) is 11.4. The maximum absolute atomic E-state index is 12.2. The predicted molar refractivity (Wildman–Crippen MR) is 88.0 cm³/mol. The highest BCUT2D eigenvalue weighted by atomic mass is 32.2. The summed E-state index contributed by atoms with van der Waals surface area (Å²) in [6.07, 6.45) is 0.713. The topological polar surface area (TPSA) is 92.7 Å². The third-order valence-corrected chi connectivity index (χ3v) is 3.53. The van der Waals surface area contributed by atoms with Crippen LogP contribution in [-0.4, -0.2) is 40.9 Å². The Kier molecular flexibility index (Phi) is 6.62. The van der Waals surface area contributed by atoms with Crippen molar-refractivity contribution in [2.24, 2.45) is 0 Å². The van der Waals surface area contributed by atoms with Crippen LogP contribution in [-0.2, 0) is 9.53 Å². The van der Waals surface area contributed by atoms with E-state index in [0.29, 0.717) is 5.56 Å². The molecule has 0 fully saturated rings. The standard InChI is InChI=1S/C16H21NO5S/c1-16(2,3)22-15(21)17-12(14(19)20)9-13(18)10-5-7-11(23-4)8-6-10/h5-8,12H,9H2,1-4H3,(H,17,21)(H,19,20). The van der Waals surface area contributed by atoms with E-state index in [2.05, 4.69) is 5.32 Å². The lowest BCUT2D eigenvalue weighted by molar-refractivity contribution is -0.139. The molecule has 0 spiro atoms. The zero-order valence-corrected chi connectivity index (χ0v) is 14.4. The van der Waals surface area contributed by atoms with Crippen LogP contribution in [0.1, 0.15) is 37.6 Å². The Labute approximate surface area is 139 Å². The highest BCUT2D eigenvalue weighted by Crippen LogP contribution is 2.16. The maximum Gasteiger partial charge on any atom is 0.408 e. The molecule has 0 saturated heterocycles. The number of Topliss-reactive ketones (excluding diaryl/α,β-unsaturated/α-hetero) is 1. The van der Waals surface area contributed by atoms with Gasteiger partial charge in [-0.05, 0) is 39.2 Å². The van der Waals surface area contributed by atoms with Gasteiger partial charge in [-0.25, -0.2) is 9.59 Å². The van der Waals surface area contributed by atoms with Crippen molar-refractivity contribution in [3.8, 4) is 0 Å². The van der Waals surface area contributed by atoms with Crippen molar-refractivity contribution in [3.63, 3.8) is 0 Å². The van der Waals surface area contributed by atoms with Crippen molar-refractivity contribution >= 4 is 29.6 Å². The van der Waals surface area contributed by atoms with Crippen LogP contribution >= 0.6 is 11.8 Å². The Morgan fingerprint density at radius 3 is 2.22 bits per heavy atom. The maximum atomic E-state index is 12.2. The molecule has 1 aromatic rings. The van der Waals surface area contributed by atoms with Crippen LogP contribution in [0.25, 0.3) is 0 Å². The Balaban J connectivity index is 2.73. The lowest BCUT2D eigenvalue weighted by atomic mass is 10.0. The molecule has 0 heterocycles. The van der Waals surface area contributed by atoms with E-state index in [1.807, 2.05) is 6.26 Å². The van der Waals surface area contributed by atoms with Crippen LogP contribution in [0.5, 0.6) is 0 Å². The first-order valence-electron chi connectivity index (χ1n) is 7.02. The summed E-state index contributed by atoms with van der Waals surface area (Å²) in [7, 11) is 0. The summed E-state index contributed by atoms with van der Waals surface area (Å²) in [6.45, 7) is 5.00. The second kappa shape index (κ2) is 8.01. The molecular weight excluding hydrogens is 318 g/mol. The van der Waals surface area contributed by atoms with E-state index in [9.17, 15) is 19.5 Å². The van der Waals surface area contributed by atoms with Gasteiger partial charge < -0.3 is 15.2 Å². The molecule has 6 nitrogen and oxygen atoms in total. The van der Waals surface area contributed by atoms with Gasteiger partial charge in [-0.3, -0.25) is 4.79 Å². The molecule has 0 aliphatic carbocycles.